The molecule has 0 spiro atoms. The molecule has 0 radical (unpaired) electrons. The maximum atomic E-state index is 12.5. The molecule has 0 aromatic heterocycles. The average molecular weight is 342 g/mol. The third-order valence-electron chi connectivity index (χ3n) is 4.09. The normalized spacial score (nSPS) is 10.9. The maximum Gasteiger partial charge on any atom is 0.316 e. The number of esters is 1. The maximum absolute atomic E-state index is 12.5. The highest BCUT2D eigenvalue weighted by Crippen LogP contribution is 2.35. The van der Waals surface area contributed by atoms with E-state index < -0.39 is 5.41 Å². The van der Waals surface area contributed by atoms with Crippen molar-refractivity contribution >= 4 is 16.7 Å². The van der Waals surface area contributed by atoms with E-state index in [1.807, 2.05) is 39.0 Å². The lowest BCUT2D eigenvalue weighted by molar-refractivity contribution is -0.144. The monoisotopic (exact) mass is 342 g/mol. The van der Waals surface area contributed by atoms with Crippen LogP contribution in [0.2, 0.25) is 0 Å². The first-order valence-electron chi connectivity index (χ1n) is 7.99. The zero-order chi connectivity index (χ0) is 18.4. The van der Waals surface area contributed by atoms with Crippen LogP contribution in [0, 0.1) is 17.4 Å². The molecule has 0 amide bonds. The Bertz CT molecular complexity index is 827. The molecule has 2 aromatic carbocycles. The van der Waals surface area contributed by atoms with Gasteiger partial charge in [0.25, 0.3) is 0 Å². The van der Waals surface area contributed by atoms with Crippen molar-refractivity contribution in [2.24, 2.45) is 5.41 Å². The molecule has 2 rings (SSSR count). The van der Waals surface area contributed by atoms with E-state index >= 15 is 0 Å². The molecular weight excluding hydrogens is 320 g/mol. The summed E-state index contributed by atoms with van der Waals surface area (Å²) in [6, 6.07) is 8.86. The van der Waals surface area contributed by atoms with Crippen LogP contribution in [0.1, 0.15) is 32.8 Å². The Kier molecular flexibility index (Phi) is 5.89. The van der Waals surface area contributed by atoms with Crippen LogP contribution in [0.15, 0.2) is 30.3 Å². The Morgan fingerprint density at radius 1 is 1.28 bits per heavy atom. The van der Waals surface area contributed by atoms with Gasteiger partial charge >= 0.3 is 5.97 Å². The highest BCUT2D eigenvalue weighted by Gasteiger charge is 2.28. The lowest BCUT2D eigenvalue weighted by atomic mass is 9.90. The topological polar surface area (TPSA) is 65.0 Å². The molecule has 0 saturated heterocycles. The summed E-state index contributed by atoms with van der Waals surface area (Å²) in [5.41, 5.74) is -0.0526. The van der Waals surface area contributed by atoms with E-state index in [2.05, 4.69) is 5.92 Å². The zero-order valence-electron chi connectivity index (χ0n) is 14.9. The van der Waals surface area contributed by atoms with Gasteiger partial charge in [-0.05, 0) is 43.7 Å². The summed E-state index contributed by atoms with van der Waals surface area (Å²) in [4.78, 5) is 12.5. The van der Waals surface area contributed by atoms with E-state index in [1.54, 1.807) is 18.2 Å². The van der Waals surface area contributed by atoms with Gasteiger partial charge in [-0.1, -0.05) is 19.1 Å². The van der Waals surface area contributed by atoms with Crippen molar-refractivity contribution in [3.8, 4) is 23.5 Å². The Morgan fingerprint density at radius 2 is 2.04 bits per heavy atom. The molecule has 2 aromatic rings. The quantitative estimate of drug-likeness (QED) is 0.374. The van der Waals surface area contributed by atoms with Gasteiger partial charge < -0.3 is 19.3 Å². The molecular formula is C20H22O5. The number of aliphatic hydroxyl groups excluding tert-OH is 1. The number of carbonyl (C=O) groups is 1. The summed E-state index contributed by atoms with van der Waals surface area (Å²) in [5.74, 6) is 3.14. The Hall–Kier alpha value is -2.71. The van der Waals surface area contributed by atoms with E-state index in [9.17, 15) is 4.79 Å². The van der Waals surface area contributed by atoms with Crippen LogP contribution in [0.25, 0.3) is 10.8 Å². The minimum Gasteiger partial charge on any atom is -0.467 e. The van der Waals surface area contributed by atoms with Crippen molar-refractivity contribution in [3.05, 3.63) is 35.9 Å². The van der Waals surface area contributed by atoms with Crippen molar-refractivity contribution in [2.45, 2.75) is 27.2 Å². The standard InChI is InChI=1S/C20H22O5/c1-5-20(2,3)19(22)25-17-12-16(24-13-23-4)11-15-8-6-7-14(9-10-21)18(15)17/h6-8,11-12,21H,5,13H2,1-4H3. The van der Waals surface area contributed by atoms with Crippen molar-refractivity contribution < 1.29 is 24.1 Å². The molecule has 5 heteroatoms. The fourth-order valence-electron chi connectivity index (χ4n) is 2.20. The van der Waals surface area contributed by atoms with Crippen molar-refractivity contribution in [1.82, 2.24) is 0 Å². The van der Waals surface area contributed by atoms with Crippen LogP contribution in [0.5, 0.6) is 11.5 Å². The second-order valence-corrected chi connectivity index (χ2v) is 6.24. The van der Waals surface area contributed by atoms with Crippen molar-refractivity contribution in [2.75, 3.05) is 13.9 Å². The summed E-state index contributed by atoms with van der Waals surface area (Å²) in [6.45, 7) is 5.67. The minimum atomic E-state index is -0.618. The Labute approximate surface area is 147 Å². The van der Waals surface area contributed by atoms with Gasteiger partial charge in [0.2, 0.25) is 0 Å². The summed E-state index contributed by atoms with van der Waals surface area (Å²) < 4.78 is 16.1. The van der Waals surface area contributed by atoms with Gasteiger partial charge in [0.15, 0.2) is 6.79 Å². The number of hydrogen-bond donors (Lipinski definition) is 1. The van der Waals surface area contributed by atoms with Crippen LogP contribution >= 0.6 is 0 Å². The van der Waals surface area contributed by atoms with E-state index in [-0.39, 0.29) is 12.8 Å². The van der Waals surface area contributed by atoms with Gasteiger partial charge in [0, 0.05) is 24.1 Å². The molecule has 0 atom stereocenters. The smallest absolute Gasteiger partial charge is 0.316 e. The van der Waals surface area contributed by atoms with Crippen LogP contribution in [-0.2, 0) is 9.53 Å². The van der Waals surface area contributed by atoms with E-state index in [0.717, 1.165) is 5.39 Å². The molecule has 0 bridgehead atoms. The van der Waals surface area contributed by atoms with E-state index in [4.69, 9.17) is 19.3 Å². The van der Waals surface area contributed by atoms with Gasteiger partial charge in [-0.25, -0.2) is 0 Å². The van der Waals surface area contributed by atoms with Gasteiger partial charge in [0.1, 0.15) is 17.6 Å². The highest BCUT2D eigenvalue weighted by molar-refractivity contribution is 5.96. The van der Waals surface area contributed by atoms with Gasteiger partial charge in [-0.2, -0.15) is 0 Å². The van der Waals surface area contributed by atoms with Gasteiger partial charge in [-0.3, -0.25) is 4.79 Å². The van der Waals surface area contributed by atoms with Crippen LogP contribution < -0.4 is 9.47 Å². The predicted octanol–water partition coefficient (Wildman–Crippen LogP) is 3.85. The zero-order valence-corrected chi connectivity index (χ0v) is 14.9. The van der Waals surface area contributed by atoms with Crippen molar-refractivity contribution in [1.29, 1.82) is 0 Å². The molecule has 25 heavy (non-hydrogen) atoms. The molecule has 0 heterocycles. The second-order valence-electron chi connectivity index (χ2n) is 6.24. The first-order chi connectivity index (χ1) is 11.9. The summed E-state index contributed by atoms with van der Waals surface area (Å²) in [7, 11) is 1.53. The van der Waals surface area contributed by atoms with Crippen molar-refractivity contribution in [3.63, 3.8) is 0 Å². The van der Waals surface area contributed by atoms with Gasteiger partial charge in [0.05, 0.1) is 5.41 Å². The molecule has 132 valence electrons. The molecule has 0 fully saturated rings. The van der Waals surface area contributed by atoms with E-state index in [1.165, 1.54) is 7.11 Å². The van der Waals surface area contributed by atoms with Crippen LogP contribution in [0.4, 0.5) is 0 Å². The number of hydrogen-bond acceptors (Lipinski definition) is 5. The van der Waals surface area contributed by atoms with E-state index in [0.29, 0.717) is 28.9 Å². The number of benzene rings is 2. The first kappa shape index (κ1) is 18.6. The summed E-state index contributed by atoms with van der Waals surface area (Å²) in [5, 5.41) is 10.4. The fraction of sp³-hybridized carbons (Fsp3) is 0.350. The molecule has 0 unspecified atom stereocenters. The summed E-state index contributed by atoms with van der Waals surface area (Å²) >= 11 is 0. The molecule has 1 N–H and O–H groups in total. The molecule has 0 aliphatic heterocycles. The molecule has 5 nitrogen and oxygen atoms in total. The van der Waals surface area contributed by atoms with Crippen LogP contribution in [-0.4, -0.2) is 25.0 Å². The minimum absolute atomic E-state index is 0.0789. The number of rotatable bonds is 6. The number of carbonyl (C=O) groups excluding carboxylic acids is 1. The SMILES string of the molecule is CCC(C)(C)C(=O)Oc1cc(OCOC)cc2cccc(C#CO)c12. The number of fused-ring (bicyclic) bond motifs is 1. The lowest BCUT2D eigenvalue weighted by Gasteiger charge is -2.21. The van der Waals surface area contributed by atoms with Gasteiger partial charge in [-0.15, -0.1) is 0 Å². The third kappa shape index (κ3) is 4.23. The number of ether oxygens (including phenoxy) is 3. The molecule has 0 saturated carbocycles. The lowest BCUT2D eigenvalue weighted by Crippen LogP contribution is -2.28. The largest absolute Gasteiger partial charge is 0.467 e. The fourth-order valence-corrected chi connectivity index (χ4v) is 2.20. The third-order valence-corrected chi connectivity index (χ3v) is 4.09. The highest BCUT2D eigenvalue weighted by atomic mass is 16.7. The molecule has 0 aliphatic rings. The molecule has 0 aliphatic carbocycles. The Balaban J connectivity index is 2.59. The average Bonchev–Trinajstić information content (AvgIpc) is 2.60. The predicted molar refractivity (Wildman–Crippen MR) is 95.0 cm³/mol. The second kappa shape index (κ2) is 7.91. The summed E-state index contributed by atoms with van der Waals surface area (Å²) in [6.07, 6.45) is 2.55. The Morgan fingerprint density at radius 3 is 2.68 bits per heavy atom. The number of aliphatic hydroxyl groups is 1. The number of methoxy groups -OCH3 is 1. The van der Waals surface area contributed by atoms with Crippen LogP contribution in [0.3, 0.4) is 0 Å². The first-order valence-corrected chi connectivity index (χ1v) is 7.99.